The van der Waals surface area contributed by atoms with Crippen molar-refractivity contribution in [3.05, 3.63) is 35.4 Å². The second kappa shape index (κ2) is 5.13. The van der Waals surface area contributed by atoms with Gasteiger partial charge in [-0.25, -0.2) is 0 Å². The van der Waals surface area contributed by atoms with Crippen LogP contribution in [-0.2, 0) is 4.43 Å². The van der Waals surface area contributed by atoms with Gasteiger partial charge in [0.25, 0.3) is 0 Å². The number of fused-ring (bicyclic) bond motifs is 1. The van der Waals surface area contributed by atoms with E-state index in [1.54, 1.807) is 0 Å². The van der Waals surface area contributed by atoms with Crippen molar-refractivity contribution in [2.75, 3.05) is 6.61 Å². The average molecular weight is 204 g/mol. The van der Waals surface area contributed by atoms with Crippen LogP contribution in [0.3, 0.4) is 0 Å². The van der Waals surface area contributed by atoms with Crippen molar-refractivity contribution in [2.45, 2.75) is 18.9 Å². The fourth-order valence-corrected chi connectivity index (χ4v) is 2.75. The molecule has 1 aromatic rings. The highest BCUT2D eigenvalue weighted by Gasteiger charge is 1.99. The Hall–Kier alpha value is -0.863. The molecule has 1 aliphatic heterocycles. The molecule has 0 saturated carbocycles. The normalized spacial score (nSPS) is 19.1. The van der Waals surface area contributed by atoms with Gasteiger partial charge >= 0.3 is 0 Å². The van der Waals surface area contributed by atoms with Gasteiger partial charge in [0.1, 0.15) is 0 Å². The fourth-order valence-electron chi connectivity index (χ4n) is 1.58. The van der Waals surface area contributed by atoms with E-state index in [9.17, 15) is 0 Å². The van der Waals surface area contributed by atoms with Gasteiger partial charge in [-0.05, 0) is 23.6 Å². The number of hydrogen-bond donors (Lipinski definition) is 0. The zero-order valence-electron chi connectivity index (χ0n) is 8.41. The van der Waals surface area contributed by atoms with E-state index in [2.05, 4.69) is 36.4 Å². The Balaban J connectivity index is 0.000000112. The molecule has 74 valence electrons. The molecule has 0 atom stereocenters. The molecular weight excluding hydrogens is 188 g/mol. The molecule has 2 heteroatoms. The third kappa shape index (κ3) is 2.56. The molecule has 14 heavy (non-hydrogen) atoms. The Labute approximate surface area is 87.7 Å². The van der Waals surface area contributed by atoms with E-state index in [1.165, 1.54) is 30.0 Å². The predicted octanol–water partition coefficient (Wildman–Crippen LogP) is 2.47. The van der Waals surface area contributed by atoms with Gasteiger partial charge in [0.15, 0.2) is 9.76 Å². The lowest BCUT2D eigenvalue weighted by molar-refractivity contribution is 0.304. The molecule has 0 aromatic heterocycles. The Bertz CT molecular complexity index is 279. The van der Waals surface area contributed by atoms with Gasteiger partial charge in [-0.15, -0.1) is 0 Å². The summed E-state index contributed by atoms with van der Waals surface area (Å²) in [5, 5.41) is 0. The van der Waals surface area contributed by atoms with Crippen LogP contribution in [-0.4, -0.2) is 16.4 Å². The molecule has 1 aliphatic carbocycles. The van der Waals surface area contributed by atoms with Crippen LogP contribution in [0.25, 0.3) is 12.2 Å². The van der Waals surface area contributed by atoms with E-state index >= 15 is 0 Å². The molecular formula is C12H16OSi. The summed E-state index contributed by atoms with van der Waals surface area (Å²) >= 11 is 0. The maximum atomic E-state index is 5.21. The van der Waals surface area contributed by atoms with E-state index in [4.69, 9.17) is 4.43 Å². The summed E-state index contributed by atoms with van der Waals surface area (Å²) in [5.74, 6) is 0. The van der Waals surface area contributed by atoms with Crippen LogP contribution in [0.4, 0.5) is 0 Å². The van der Waals surface area contributed by atoms with Crippen LogP contribution >= 0.6 is 0 Å². The number of rotatable bonds is 0. The van der Waals surface area contributed by atoms with Crippen LogP contribution in [0.5, 0.6) is 0 Å². The van der Waals surface area contributed by atoms with E-state index in [-0.39, 0.29) is 9.76 Å². The molecule has 0 radical (unpaired) electrons. The standard InChI is InChI=1S/C8H6.C4H10OSi/c1-2-4-8-6-5-7(8)3-1;1-2-4-6-5-3-1/h1-6H;1-4,6H2. The van der Waals surface area contributed by atoms with E-state index < -0.39 is 0 Å². The Morgan fingerprint density at radius 2 is 1.71 bits per heavy atom. The highest BCUT2D eigenvalue weighted by molar-refractivity contribution is 6.27. The third-order valence-corrected chi connectivity index (χ3v) is 3.88. The smallest absolute Gasteiger partial charge is 0.161 e. The molecule has 1 nitrogen and oxygen atoms in total. The second-order valence-electron chi connectivity index (χ2n) is 3.64. The second-order valence-corrected chi connectivity index (χ2v) is 5.16. The summed E-state index contributed by atoms with van der Waals surface area (Å²) in [6.45, 7) is 1.06. The average Bonchev–Trinajstić information content (AvgIpc) is 2.24. The molecule has 2 aliphatic rings. The summed E-state index contributed by atoms with van der Waals surface area (Å²) < 4.78 is 5.21. The van der Waals surface area contributed by atoms with Crippen molar-refractivity contribution in [2.24, 2.45) is 0 Å². The third-order valence-electron chi connectivity index (χ3n) is 2.52. The largest absolute Gasteiger partial charge is 0.424 e. The lowest BCUT2D eigenvalue weighted by atomic mass is 9.99. The van der Waals surface area contributed by atoms with E-state index in [1.807, 2.05) is 0 Å². The number of hydrogen-bond acceptors (Lipinski definition) is 1. The van der Waals surface area contributed by atoms with Crippen molar-refractivity contribution in [3.8, 4) is 0 Å². The summed E-state index contributed by atoms with van der Waals surface area (Å²) in [4.78, 5) is 0. The topological polar surface area (TPSA) is 9.23 Å². The number of benzene rings is 1. The molecule has 1 fully saturated rings. The van der Waals surface area contributed by atoms with Gasteiger partial charge in [0.2, 0.25) is 0 Å². The van der Waals surface area contributed by atoms with Crippen molar-refractivity contribution >= 4 is 21.9 Å². The van der Waals surface area contributed by atoms with Crippen LogP contribution in [0.1, 0.15) is 24.0 Å². The zero-order chi connectivity index (χ0) is 9.64. The first-order valence-corrected chi connectivity index (χ1v) is 6.89. The van der Waals surface area contributed by atoms with Crippen molar-refractivity contribution in [1.29, 1.82) is 0 Å². The summed E-state index contributed by atoms with van der Waals surface area (Å²) in [7, 11) is 0.00849. The van der Waals surface area contributed by atoms with E-state index in [0.29, 0.717) is 0 Å². The minimum absolute atomic E-state index is 0.00849. The molecule has 1 aromatic carbocycles. The monoisotopic (exact) mass is 204 g/mol. The first-order chi connectivity index (χ1) is 6.97. The van der Waals surface area contributed by atoms with Crippen LogP contribution in [0.15, 0.2) is 24.3 Å². The van der Waals surface area contributed by atoms with Gasteiger partial charge in [0, 0.05) is 6.61 Å². The van der Waals surface area contributed by atoms with Crippen molar-refractivity contribution in [1.82, 2.24) is 0 Å². The molecule has 0 spiro atoms. The summed E-state index contributed by atoms with van der Waals surface area (Å²) in [6, 6.07) is 9.77. The van der Waals surface area contributed by atoms with Gasteiger partial charge in [0.05, 0.1) is 0 Å². The lowest BCUT2D eigenvalue weighted by Crippen LogP contribution is -2.06. The van der Waals surface area contributed by atoms with Gasteiger partial charge in [-0.3, -0.25) is 0 Å². The molecule has 0 unspecified atom stereocenters. The maximum absolute atomic E-state index is 5.21. The Morgan fingerprint density at radius 1 is 1.00 bits per heavy atom. The van der Waals surface area contributed by atoms with E-state index in [0.717, 1.165) is 6.61 Å². The predicted molar refractivity (Wildman–Crippen MR) is 63.9 cm³/mol. The maximum Gasteiger partial charge on any atom is 0.161 e. The highest BCUT2D eigenvalue weighted by Crippen LogP contribution is 2.21. The van der Waals surface area contributed by atoms with Gasteiger partial charge in [-0.2, -0.15) is 0 Å². The van der Waals surface area contributed by atoms with Crippen molar-refractivity contribution in [3.63, 3.8) is 0 Å². The van der Waals surface area contributed by atoms with Crippen LogP contribution in [0, 0.1) is 0 Å². The Kier molecular flexibility index (Phi) is 3.55. The Morgan fingerprint density at radius 3 is 1.93 bits per heavy atom. The highest BCUT2D eigenvalue weighted by atomic mass is 28.2. The fraction of sp³-hybridized carbons (Fsp3) is 0.333. The minimum Gasteiger partial charge on any atom is -0.424 e. The molecule has 1 saturated heterocycles. The van der Waals surface area contributed by atoms with Crippen LogP contribution < -0.4 is 0 Å². The molecule has 3 rings (SSSR count). The minimum atomic E-state index is 0.00849. The van der Waals surface area contributed by atoms with Crippen molar-refractivity contribution < 1.29 is 4.43 Å². The first-order valence-electron chi connectivity index (χ1n) is 5.32. The quantitative estimate of drug-likeness (QED) is 0.599. The zero-order valence-corrected chi connectivity index (χ0v) is 9.82. The summed E-state index contributed by atoms with van der Waals surface area (Å²) in [6.07, 6.45) is 6.99. The lowest BCUT2D eigenvalue weighted by Gasteiger charge is -2.07. The molecule has 0 N–H and O–H groups in total. The molecule has 1 heterocycles. The molecule has 0 amide bonds. The first kappa shape index (κ1) is 9.68. The van der Waals surface area contributed by atoms with Gasteiger partial charge in [-0.1, -0.05) is 42.8 Å². The molecule has 0 bridgehead atoms. The van der Waals surface area contributed by atoms with Crippen LogP contribution in [0.2, 0.25) is 6.04 Å². The van der Waals surface area contributed by atoms with Gasteiger partial charge < -0.3 is 4.43 Å². The SMILES string of the molecule is C1=Cc2ccccc21.C1CC[SiH2]OC1. The summed E-state index contributed by atoms with van der Waals surface area (Å²) in [5.41, 5.74) is 2.74.